The van der Waals surface area contributed by atoms with Crippen LogP contribution < -0.4 is 0 Å². The highest BCUT2D eigenvalue weighted by atomic mass is 16.2. The van der Waals surface area contributed by atoms with Crippen molar-refractivity contribution in [2.24, 2.45) is 7.05 Å². The van der Waals surface area contributed by atoms with Gasteiger partial charge in [0.25, 0.3) is 5.91 Å². The molecule has 31 heavy (non-hydrogen) atoms. The number of fused-ring (bicyclic) bond motifs is 1. The molecule has 162 valence electrons. The maximum atomic E-state index is 12.8. The first-order valence-corrected chi connectivity index (χ1v) is 10.5. The fourth-order valence-corrected chi connectivity index (χ4v) is 4.29. The van der Waals surface area contributed by atoms with E-state index in [2.05, 4.69) is 27.0 Å². The first-order chi connectivity index (χ1) is 14.8. The molecule has 3 aromatic rings. The van der Waals surface area contributed by atoms with E-state index < -0.39 is 0 Å². The summed E-state index contributed by atoms with van der Waals surface area (Å²) < 4.78 is 3.85. The van der Waals surface area contributed by atoms with E-state index in [0.717, 1.165) is 40.7 Å². The summed E-state index contributed by atoms with van der Waals surface area (Å²) in [6.45, 7) is 3.88. The van der Waals surface area contributed by atoms with Crippen LogP contribution in [0, 0.1) is 6.92 Å². The SMILES string of the molecule is Cc1cc(C(=O)N(C)C)cc2cc(C3=CCCN(C(=O)CCn4ccnn4)C3)n(C)c12. The van der Waals surface area contributed by atoms with Gasteiger partial charge in [-0.15, -0.1) is 5.10 Å². The van der Waals surface area contributed by atoms with Crippen molar-refractivity contribution >= 4 is 28.3 Å². The van der Waals surface area contributed by atoms with Crippen molar-refractivity contribution in [2.45, 2.75) is 26.3 Å². The van der Waals surface area contributed by atoms with Crippen LogP contribution in [0.1, 0.15) is 34.5 Å². The Morgan fingerprint density at radius 3 is 2.71 bits per heavy atom. The average molecular weight is 421 g/mol. The monoisotopic (exact) mass is 420 g/mol. The van der Waals surface area contributed by atoms with Crippen LogP contribution in [0.5, 0.6) is 0 Å². The first-order valence-electron chi connectivity index (χ1n) is 10.5. The number of aromatic nitrogens is 4. The zero-order valence-electron chi connectivity index (χ0n) is 18.5. The van der Waals surface area contributed by atoms with Gasteiger partial charge in [-0.25, -0.2) is 0 Å². The number of benzene rings is 1. The zero-order valence-corrected chi connectivity index (χ0v) is 18.5. The highest BCUT2D eigenvalue weighted by molar-refractivity contribution is 6.00. The van der Waals surface area contributed by atoms with Crippen LogP contribution >= 0.6 is 0 Å². The number of rotatable bonds is 5. The second kappa shape index (κ2) is 8.37. The molecule has 0 saturated carbocycles. The van der Waals surface area contributed by atoms with Crippen LogP contribution in [0.3, 0.4) is 0 Å². The Labute approximate surface area is 181 Å². The summed E-state index contributed by atoms with van der Waals surface area (Å²) in [6.07, 6.45) is 6.83. The summed E-state index contributed by atoms with van der Waals surface area (Å²) in [5, 5.41) is 8.75. The summed E-state index contributed by atoms with van der Waals surface area (Å²) in [7, 11) is 5.57. The van der Waals surface area contributed by atoms with E-state index in [1.54, 1.807) is 36.1 Å². The third-order valence-electron chi connectivity index (χ3n) is 5.83. The van der Waals surface area contributed by atoms with Gasteiger partial charge < -0.3 is 14.4 Å². The maximum Gasteiger partial charge on any atom is 0.253 e. The largest absolute Gasteiger partial charge is 0.345 e. The molecule has 0 bridgehead atoms. The van der Waals surface area contributed by atoms with E-state index in [0.29, 0.717) is 25.1 Å². The number of carbonyl (C=O) groups is 2. The van der Waals surface area contributed by atoms with Gasteiger partial charge in [-0.05, 0) is 42.7 Å². The summed E-state index contributed by atoms with van der Waals surface area (Å²) in [5.74, 6) is 0.117. The van der Waals surface area contributed by atoms with Crippen molar-refractivity contribution in [3.05, 3.63) is 53.5 Å². The van der Waals surface area contributed by atoms with Crippen molar-refractivity contribution in [1.29, 1.82) is 0 Å². The lowest BCUT2D eigenvalue weighted by molar-refractivity contribution is -0.131. The van der Waals surface area contributed by atoms with E-state index in [4.69, 9.17) is 0 Å². The molecule has 0 saturated heterocycles. The molecule has 1 aliphatic heterocycles. The van der Waals surface area contributed by atoms with E-state index in [9.17, 15) is 9.59 Å². The lowest BCUT2D eigenvalue weighted by atomic mass is 10.0. The fraction of sp³-hybridized carbons (Fsp3) is 0.391. The molecule has 0 radical (unpaired) electrons. The van der Waals surface area contributed by atoms with Gasteiger partial charge in [0.1, 0.15) is 0 Å². The predicted octanol–water partition coefficient (Wildman–Crippen LogP) is 2.49. The quantitative estimate of drug-likeness (QED) is 0.636. The lowest BCUT2D eigenvalue weighted by Gasteiger charge is -2.28. The highest BCUT2D eigenvalue weighted by Crippen LogP contribution is 2.30. The van der Waals surface area contributed by atoms with Crippen molar-refractivity contribution in [3.63, 3.8) is 0 Å². The van der Waals surface area contributed by atoms with Gasteiger partial charge in [-0.1, -0.05) is 11.3 Å². The number of aryl methyl sites for hydroxylation is 3. The third-order valence-corrected chi connectivity index (χ3v) is 5.83. The minimum atomic E-state index is -0.00330. The smallest absolute Gasteiger partial charge is 0.253 e. The molecular weight excluding hydrogens is 392 g/mol. The van der Waals surface area contributed by atoms with Crippen LogP contribution in [0.15, 0.2) is 36.7 Å². The predicted molar refractivity (Wildman–Crippen MR) is 119 cm³/mol. The Balaban J connectivity index is 1.57. The van der Waals surface area contributed by atoms with Crippen LogP contribution in [0.25, 0.3) is 16.5 Å². The number of hydrogen-bond donors (Lipinski definition) is 0. The molecule has 1 aliphatic rings. The summed E-state index contributed by atoms with van der Waals surface area (Å²) in [5.41, 5.74) is 5.09. The lowest BCUT2D eigenvalue weighted by Crippen LogP contribution is -2.36. The van der Waals surface area contributed by atoms with E-state index >= 15 is 0 Å². The molecule has 0 N–H and O–H groups in total. The summed E-state index contributed by atoms with van der Waals surface area (Å²) in [6, 6.07) is 6.03. The standard InChI is InChI=1S/C23H28N6O2/c1-16-12-19(23(31)26(2)3)13-18-14-20(27(4)22(16)18)17-6-5-9-28(15-17)21(30)7-10-29-11-8-24-25-29/h6,8,11-14H,5,7,9-10,15H2,1-4H3. The third kappa shape index (κ3) is 4.10. The second-order valence-electron chi connectivity index (χ2n) is 8.27. The Hall–Kier alpha value is -3.42. The Bertz CT molecular complexity index is 1160. The van der Waals surface area contributed by atoms with Gasteiger partial charge >= 0.3 is 0 Å². The van der Waals surface area contributed by atoms with Crippen LogP contribution in [0.4, 0.5) is 0 Å². The molecule has 8 heteroatoms. The normalized spacial score (nSPS) is 14.1. The zero-order chi connectivity index (χ0) is 22.1. The van der Waals surface area contributed by atoms with Gasteiger partial charge in [0.15, 0.2) is 0 Å². The second-order valence-corrected chi connectivity index (χ2v) is 8.27. The molecule has 8 nitrogen and oxygen atoms in total. The van der Waals surface area contributed by atoms with E-state index in [1.165, 1.54) is 0 Å². The molecule has 1 aromatic carbocycles. The number of amides is 2. The fourth-order valence-electron chi connectivity index (χ4n) is 4.29. The van der Waals surface area contributed by atoms with Gasteiger partial charge in [0, 0.05) is 63.5 Å². The molecule has 4 rings (SSSR count). The van der Waals surface area contributed by atoms with Crippen molar-refractivity contribution in [3.8, 4) is 0 Å². The Kier molecular flexibility index (Phi) is 5.63. The average Bonchev–Trinajstić information content (AvgIpc) is 3.39. The molecular formula is C23H28N6O2. The van der Waals surface area contributed by atoms with Gasteiger partial charge in [0.05, 0.1) is 18.3 Å². The molecule has 0 atom stereocenters. The van der Waals surface area contributed by atoms with Crippen molar-refractivity contribution in [1.82, 2.24) is 29.4 Å². The van der Waals surface area contributed by atoms with E-state index in [1.807, 2.05) is 31.0 Å². The van der Waals surface area contributed by atoms with Crippen LogP contribution in [-0.4, -0.2) is 68.4 Å². The van der Waals surface area contributed by atoms with Crippen LogP contribution in [-0.2, 0) is 18.4 Å². The summed E-state index contributed by atoms with van der Waals surface area (Å²) >= 11 is 0. The molecule has 2 amide bonds. The molecule has 0 unspecified atom stereocenters. The molecule has 0 spiro atoms. The van der Waals surface area contributed by atoms with Crippen LogP contribution in [0.2, 0.25) is 0 Å². The highest BCUT2D eigenvalue weighted by Gasteiger charge is 2.22. The molecule has 0 fully saturated rings. The molecule has 0 aliphatic carbocycles. The maximum absolute atomic E-state index is 12.8. The van der Waals surface area contributed by atoms with Crippen molar-refractivity contribution in [2.75, 3.05) is 27.2 Å². The minimum Gasteiger partial charge on any atom is -0.345 e. The van der Waals surface area contributed by atoms with Crippen molar-refractivity contribution < 1.29 is 9.59 Å². The number of carbonyl (C=O) groups excluding carboxylic acids is 2. The Morgan fingerprint density at radius 2 is 2.00 bits per heavy atom. The first kappa shape index (κ1) is 20.8. The Morgan fingerprint density at radius 1 is 1.19 bits per heavy atom. The van der Waals surface area contributed by atoms with E-state index in [-0.39, 0.29) is 11.8 Å². The van der Waals surface area contributed by atoms with Gasteiger partial charge in [-0.2, -0.15) is 0 Å². The molecule has 3 heterocycles. The number of hydrogen-bond acceptors (Lipinski definition) is 4. The summed E-state index contributed by atoms with van der Waals surface area (Å²) in [4.78, 5) is 28.7. The number of nitrogens with zero attached hydrogens (tertiary/aromatic N) is 6. The minimum absolute atomic E-state index is 0.00330. The molecule has 2 aromatic heterocycles. The van der Waals surface area contributed by atoms with Gasteiger partial charge in [-0.3, -0.25) is 14.3 Å². The van der Waals surface area contributed by atoms with Gasteiger partial charge in [0.2, 0.25) is 5.91 Å². The topological polar surface area (TPSA) is 76.3 Å².